The van der Waals surface area contributed by atoms with Crippen LogP contribution in [0.4, 0.5) is 13.2 Å². The Balaban J connectivity index is 0.000000852. The van der Waals surface area contributed by atoms with Crippen molar-refractivity contribution in [2.45, 2.75) is 110 Å². The molecule has 0 aliphatic heterocycles. The van der Waals surface area contributed by atoms with Crippen LogP contribution in [0.5, 0.6) is 0 Å². The summed E-state index contributed by atoms with van der Waals surface area (Å²) in [6, 6.07) is 45.1. The molecule has 0 amide bonds. The summed E-state index contributed by atoms with van der Waals surface area (Å²) in [4.78, 5) is 46.8. The van der Waals surface area contributed by atoms with E-state index in [-0.39, 0.29) is 28.2 Å². The average molecular weight is 947 g/mol. The van der Waals surface area contributed by atoms with Gasteiger partial charge in [0.2, 0.25) is 0 Å². The van der Waals surface area contributed by atoms with Crippen molar-refractivity contribution in [1.29, 1.82) is 0 Å². The Morgan fingerprint density at radius 2 is 0.698 bits per heavy atom. The maximum atomic E-state index is 12.1. The fraction of sp³-hybridized carbons (Fsp3) is 0.204. The van der Waals surface area contributed by atoms with Crippen LogP contribution in [-0.4, -0.2) is 35.8 Å². The topological polar surface area (TPSA) is 108 Å². The number of carbonyl (C=O) groups excluding carboxylic acids is 3. The smallest absolute Gasteiger partial charge is 0.485 e. The highest BCUT2D eigenvalue weighted by Crippen LogP contribution is 2.38. The molecule has 6 nitrogen and oxygen atoms in total. The van der Waals surface area contributed by atoms with E-state index in [1.165, 1.54) is 14.7 Å². The summed E-state index contributed by atoms with van der Waals surface area (Å²) >= 11 is 5.14. The molecule has 6 aromatic rings. The number of rotatable bonds is 15. The van der Waals surface area contributed by atoms with Gasteiger partial charge in [-0.25, -0.2) is 8.42 Å². The van der Waals surface area contributed by atoms with Gasteiger partial charge in [0.15, 0.2) is 42.2 Å². The van der Waals surface area contributed by atoms with Crippen molar-refractivity contribution in [2.24, 2.45) is 0 Å². The van der Waals surface area contributed by atoms with Gasteiger partial charge >= 0.3 is 5.51 Å². The molecule has 0 aliphatic carbocycles. The molecule has 0 radical (unpaired) electrons. The first-order valence-corrected chi connectivity index (χ1v) is 24.9. The summed E-state index contributed by atoms with van der Waals surface area (Å²) in [6.45, 7) is 11.2. The number of aryl methyl sites for hydroxylation is 3. The molecule has 0 aliphatic rings. The van der Waals surface area contributed by atoms with Crippen molar-refractivity contribution in [2.75, 3.05) is 0 Å². The van der Waals surface area contributed by atoms with Gasteiger partial charge in [0.05, 0.1) is 10.9 Å². The second-order valence-electron chi connectivity index (χ2n) is 14.1. The minimum Gasteiger partial charge on any atom is -0.741 e. The van der Waals surface area contributed by atoms with Crippen molar-refractivity contribution in [3.05, 3.63) is 161 Å². The lowest BCUT2D eigenvalue weighted by Gasteiger charge is -2.12. The van der Waals surface area contributed by atoms with Crippen LogP contribution in [0.15, 0.2) is 171 Å². The zero-order valence-corrected chi connectivity index (χ0v) is 39.5. The van der Waals surface area contributed by atoms with Gasteiger partial charge in [-0.15, -0.1) is 0 Å². The second kappa shape index (κ2) is 21.9. The number of Topliss-reactive ketones (excluding diaryl/α,β-unsaturated/α-hetero) is 3. The molecule has 0 spiro atoms. The molecule has 14 heteroatoms. The predicted molar refractivity (Wildman–Crippen MR) is 247 cm³/mol. The predicted octanol–water partition coefficient (Wildman–Crippen LogP) is 13.6. The van der Waals surface area contributed by atoms with Crippen LogP contribution >= 0.6 is 35.3 Å². The highest BCUT2D eigenvalue weighted by Gasteiger charge is 2.37. The molecule has 328 valence electrons. The molecule has 0 heterocycles. The number of ketones is 3. The number of hydrogen-bond acceptors (Lipinski definition) is 9. The van der Waals surface area contributed by atoms with E-state index >= 15 is 0 Å². The highest BCUT2D eigenvalue weighted by molar-refractivity contribution is 8.00. The third-order valence-corrected chi connectivity index (χ3v) is 15.5. The molecule has 0 bridgehead atoms. The summed E-state index contributed by atoms with van der Waals surface area (Å²) < 4.78 is 58.9. The van der Waals surface area contributed by atoms with Gasteiger partial charge in [0.1, 0.15) is 0 Å². The Hall–Kier alpha value is -4.57. The van der Waals surface area contributed by atoms with Crippen molar-refractivity contribution in [1.82, 2.24) is 0 Å². The zero-order valence-electron chi connectivity index (χ0n) is 35.4. The molecular formula is C49H45F3O6S5. The first-order chi connectivity index (χ1) is 29.8. The van der Waals surface area contributed by atoms with Crippen molar-refractivity contribution >= 4 is 73.6 Å². The average Bonchev–Trinajstić information content (AvgIpc) is 3.24. The number of benzene rings is 6. The first-order valence-electron chi connectivity index (χ1n) is 19.8. The maximum Gasteiger partial charge on any atom is 0.485 e. The lowest BCUT2D eigenvalue weighted by atomic mass is 10.0. The maximum absolute atomic E-state index is 12.1. The molecule has 0 saturated carbocycles. The van der Waals surface area contributed by atoms with Crippen molar-refractivity contribution in [3.63, 3.8) is 0 Å². The fourth-order valence-electron chi connectivity index (χ4n) is 6.56. The Morgan fingerprint density at radius 3 is 0.889 bits per heavy atom. The van der Waals surface area contributed by atoms with E-state index in [9.17, 15) is 27.6 Å². The monoisotopic (exact) mass is 946 g/mol. The number of hydrogen-bond donors (Lipinski definition) is 0. The van der Waals surface area contributed by atoms with Crippen LogP contribution in [0.2, 0.25) is 0 Å². The van der Waals surface area contributed by atoms with Crippen molar-refractivity contribution < 1.29 is 40.5 Å². The summed E-state index contributed by atoms with van der Waals surface area (Å²) in [5, 5.41) is 0. The van der Waals surface area contributed by atoms with Crippen LogP contribution in [0, 0.1) is 0 Å². The Morgan fingerprint density at radius 1 is 0.476 bits per heavy atom. The summed E-state index contributed by atoms with van der Waals surface area (Å²) in [7, 11) is -6.45. The van der Waals surface area contributed by atoms with Gasteiger partial charge in [0.25, 0.3) is 0 Å². The third kappa shape index (κ3) is 13.2. The molecule has 6 rings (SSSR count). The molecule has 0 fully saturated rings. The summed E-state index contributed by atoms with van der Waals surface area (Å²) in [5.74, 6) is 0.308. The van der Waals surface area contributed by atoms with Gasteiger partial charge in [-0.2, -0.15) is 13.2 Å². The van der Waals surface area contributed by atoms with Crippen LogP contribution in [-0.2, 0) is 40.3 Å². The van der Waals surface area contributed by atoms with Gasteiger partial charge in [0, 0.05) is 46.1 Å². The van der Waals surface area contributed by atoms with Crippen LogP contribution < -0.4 is 0 Å². The number of halogens is 3. The van der Waals surface area contributed by atoms with Gasteiger partial charge in [-0.1, -0.05) is 74.3 Å². The molecule has 0 N–H and O–H groups in total. The van der Waals surface area contributed by atoms with Crippen LogP contribution in [0.1, 0.15) is 89.3 Å². The van der Waals surface area contributed by atoms with E-state index in [2.05, 4.69) is 112 Å². The Kier molecular flexibility index (Phi) is 17.2. The van der Waals surface area contributed by atoms with Crippen molar-refractivity contribution in [3.8, 4) is 0 Å². The fourth-order valence-corrected chi connectivity index (χ4v) is 11.2. The zero-order chi connectivity index (χ0) is 46.1. The molecular weight excluding hydrogens is 902 g/mol. The molecule has 0 unspecified atom stereocenters. The Bertz CT molecular complexity index is 2440. The van der Waals surface area contributed by atoms with E-state index in [0.29, 0.717) is 0 Å². The van der Waals surface area contributed by atoms with E-state index in [4.69, 9.17) is 13.0 Å². The molecule has 0 atom stereocenters. The van der Waals surface area contributed by atoms with E-state index in [0.717, 1.165) is 82.0 Å². The SMILES string of the molecule is CCc1cc(Sc2ccc([S+](c3ccc(Sc4ccc(C(C)=O)c(CC)c4)cc3)c3ccc(Sc4ccc(C(C)=O)c(CC)c4)cc3)cc2)ccc1C(C)=O.O=S(=O)([O-])C(F)(F)F. The normalized spacial score (nSPS) is 11.5. The second-order valence-corrected chi connectivity index (χ2v) is 21.0. The molecule has 63 heavy (non-hydrogen) atoms. The molecule has 0 saturated heterocycles. The van der Waals surface area contributed by atoms with Gasteiger partial charge in [-0.05, 0) is 166 Å². The molecule has 6 aromatic carbocycles. The quantitative estimate of drug-likeness (QED) is 0.0430. The van der Waals surface area contributed by atoms with Gasteiger partial charge < -0.3 is 4.55 Å². The minimum atomic E-state index is -6.09. The third-order valence-electron chi connectivity index (χ3n) is 9.68. The lowest BCUT2D eigenvalue weighted by Crippen LogP contribution is -2.21. The Labute approximate surface area is 383 Å². The van der Waals surface area contributed by atoms with E-state index < -0.39 is 15.6 Å². The van der Waals surface area contributed by atoms with E-state index in [1.807, 2.05) is 36.4 Å². The number of carbonyl (C=O) groups is 3. The standard InChI is InChI=1S/C48H45O3S4.CHF3O3S/c1-7-34-28-40(16-25-46(34)31(4)49)52-37-10-19-43(20-11-37)55(44-21-12-38(13-22-44)53-41-17-26-47(32(5)50)35(8-2)29-41)45-23-14-39(15-24-45)54-42-18-27-48(33(6)51)36(9-3)30-42;2-1(3,4)8(5,6)7/h10-30H,7-9H2,1-6H3;(H,5,6,7)/q+1;/p-1. The minimum absolute atomic E-state index is 0.103. The number of alkyl halides is 3. The largest absolute Gasteiger partial charge is 0.741 e. The van der Waals surface area contributed by atoms with Crippen LogP contribution in [0.3, 0.4) is 0 Å². The van der Waals surface area contributed by atoms with Gasteiger partial charge in [-0.3, -0.25) is 14.4 Å². The highest BCUT2D eigenvalue weighted by atomic mass is 32.2. The lowest BCUT2D eigenvalue weighted by molar-refractivity contribution is -0.0518. The van der Waals surface area contributed by atoms with E-state index in [1.54, 1.807) is 56.1 Å². The summed E-state index contributed by atoms with van der Waals surface area (Å²) in [5.41, 5.74) is -0.00717. The van der Waals surface area contributed by atoms with Crippen LogP contribution in [0.25, 0.3) is 0 Å². The first kappa shape index (κ1) is 49.4. The summed E-state index contributed by atoms with van der Waals surface area (Å²) in [6.07, 6.45) is 2.45. The molecule has 0 aromatic heterocycles.